The maximum Gasteiger partial charge on any atom is 0.282 e. The Hall–Kier alpha value is -4.19. The molecule has 0 saturated heterocycles. The van der Waals surface area contributed by atoms with E-state index in [1.807, 2.05) is 63.2 Å². The van der Waals surface area contributed by atoms with Crippen molar-refractivity contribution in [1.82, 2.24) is 0 Å². The van der Waals surface area contributed by atoms with Gasteiger partial charge in [-0.25, -0.2) is 4.90 Å². The Kier molecular flexibility index (Phi) is 5.84. The molecule has 0 spiro atoms. The number of nitrogens with one attached hydrogen (secondary N) is 2. The van der Waals surface area contributed by atoms with E-state index in [1.165, 1.54) is 11.8 Å². The normalized spacial score (nSPS) is 13.5. The van der Waals surface area contributed by atoms with E-state index in [2.05, 4.69) is 10.6 Å². The van der Waals surface area contributed by atoms with Crippen LogP contribution in [0.3, 0.4) is 0 Å². The van der Waals surface area contributed by atoms with Gasteiger partial charge in [-0.05, 0) is 73.9 Å². The van der Waals surface area contributed by atoms with Crippen LogP contribution in [0.25, 0.3) is 5.57 Å². The molecule has 3 aromatic rings. The number of benzene rings is 3. The Bertz CT molecular complexity index is 1290. The molecule has 0 radical (unpaired) electrons. The number of rotatable bonds is 5. The molecule has 6 nitrogen and oxygen atoms in total. The molecule has 3 aromatic carbocycles. The Labute approximate surface area is 192 Å². The van der Waals surface area contributed by atoms with Gasteiger partial charge in [0, 0.05) is 18.3 Å². The SMILES string of the molecule is CC(=O)Nc1ccc(N2C(=O)C(Nc3ccc(C)cc3)=C(c3ccc(C)c(C)c3)C2=O)cc1. The van der Waals surface area contributed by atoms with Crippen molar-refractivity contribution in [3.8, 4) is 0 Å². The van der Waals surface area contributed by atoms with Crippen LogP contribution in [0.15, 0.2) is 72.4 Å². The highest BCUT2D eigenvalue weighted by atomic mass is 16.2. The number of hydrogen-bond acceptors (Lipinski definition) is 4. The molecule has 3 amide bonds. The Morgan fingerprint density at radius 2 is 1.39 bits per heavy atom. The quantitative estimate of drug-likeness (QED) is 0.551. The number of nitrogens with zero attached hydrogens (tertiary/aromatic N) is 1. The lowest BCUT2D eigenvalue weighted by atomic mass is 9.99. The van der Waals surface area contributed by atoms with Gasteiger partial charge in [0.05, 0.1) is 11.3 Å². The second-order valence-corrected chi connectivity index (χ2v) is 8.21. The second-order valence-electron chi connectivity index (χ2n) is 8.21. The molecule has 0 atom stereocenters. The fourth-order valence-corrected chi connectivity index (χ4v) is 3.72. The van der Waals surface area contributed by atoms with Gasteiger partial charge in [-0.3, -0.25) is 14.4 Å². The molecule has 0 unspecified atom stereocenters. The van der Waals surface area contributed by atoms with Crippen LogP contribution in [0, 0.1) is 20.8 Å². The minimum Gasteiger partial charge on any atom is -0.350 e. The number of amides is 3. The molecule has 0 aliphatic carbocycles. The standard InChI is InChI=1S/C27H25N3O3/c1-16-5-9-22(10-6-16)29-25-24(20-8-7-17(2)18(3)15-20)26(32)30(27(25)33)23-13-11-21(12-14-23)28-19(4)31/h5-15,29H,1-4H3,(H,28,31). The van der Waals surface area contributed by atoms with Gasteiger partial charge in [0.25, 0.3) is 11.8 Å². The summed E-state index contributed by atoms with van der Waals surface area (Å²) in [6, 6.07) is 20.0. The average Bonchev–Trinajstić information content (AvgIpc) is 3.01. The maximum atomic E-state index is 13.6. The first kappa shape index (κ1) is 22.0. The number of aryl methyl sites for hydroxylation is 3. The van der Waals surface area contributed by atoms with Crippen LogP contribution in [-0.4, -0.2) is 17.7 Å². The first-order chi connectivity index (χ1) is 15.7. The summed E-state index contributed by atoms with van der Waals surface area (Å²) in [6.45, 7) is 7.39. The lowest BCUT2D eigenvalue weighted by molar-refractivity contribution is -0.120. The lowest BCUT2D eigenvalue weighted by Gasteiger charge is -2.16. The summed E-state index contributed by atoms with van der Waals surface area (Å²) < 4.78 is 0. The minimum absolute atomic E-state index is 0.195. The summed E-state index contributed by atoms with van der Waals surface area (Å²) in [6.07, 6.45) is 0. The van der Waals surface area contributed by atoms with E-state index < -0.39 is 11.8 Å². The molecule has 4 rings (SSSR count). The summed E-state index contributed by atoms with van der Waals surface area (Å²) in [5.41, 5.74) is 6.23. The topological polar surface area (TPSA) is 78.5 Å². The van der Waals surface area contributed by atoms with Gasteiger partial charge < -0.3 is 10.6 Å². The third-order valence-corrected chi connectivity index (χ3v) is 5.65. The van der Waals surface area contributed by atoms with E-state index in [1.54, 1.807) is 24.3 Å². The van der Waals surface area contributed by atoms with Crippen molar-refractivity contribution in [2.24, 2.45) is 0 Å². The van der Waals surface area contributed by atoms with Gasteiger partial charge in [0.15, 0.2) is 0 Å². The monoisotopic (exact) mass is 439 g/mol. The van der Waals surface area contributed by atoms with E-state index in [0.29, 0.717) is 22.5 Å². The molecule has 1 aliphatic rings. The van der Waals surface area contributed by atoms with Gasteiger partial charge in [-0.15, -0.1) is 0 Å². The number of carbonyl (C=O) groups is 3. The predicted molar refractivity (Wildman–Crippen MR) is 131 cm³/mol. The third kappa shape index (κ3) is 4.41. The van der Waals surface area contributed by atoms with Crippen molar-refractivity contribution < 1.29 is 14.4 Å². The van der Waals surface area contributed by atoms with E-state index in [0.717, 1.165) is 22.4 Å². The Morgan fingerprint density at radius 1 is 0.758 bits per heavy atom. The molecule has 0 fully saturated rings. The van der Waals surface area contributed by atoms with Crippen molar-refractivity contribution >= 4 is 40.4 Å². The Morgan fingerprint density at radius 3 is 2.00 bits per heavy atom. The molecule has 0 saturated carbocycles. The molecule has 1 heterocycles. The number of anilines is 3. The van der Waals surface area contributed by atoms with Gasteiger partial charge in [0.2, 0.25) is 5.91 Å². The smallest absolute Gasteiger partial charge is 0.282 e. The zero-order valence-corrected chi connectivity index (χ0v) is 19.0. The van der Waals surface area contributed by atoms with Crippen LogP contribution in [0.1, 0.15) is 29.2 Å². The number of carbonyl (C=O) groups excluding carboxylic acids is 3. The zero-order chi connectivity index (χ0) is 23.7. The lowest BCUT2D eigenvalue weighted by Crippen LogP contribution is -2.32. The van der Waals surface area contributed by atoms with Crippen molar-refractivity contribution in [1.29, 1.82) is 0 Å². The largest absolute Gasteiger partial charge is 0.350 e. The second kappa shape index (κ2) is 8.74. The fraction of sp³-hybridized carbons (Fsp3) is 0.148. The fourth-order valence-electron chi connectivity index (χ4n) is 3.72. The molecule has 2 N–H and O–H groups in total. The van der Waals surface area contributed by atoms with Crippen LogP contribution in [0.2, 0.25) is 0 Å². The summed E-state index contributed by atoms with van der Waals surface area (Å²) in [4.78, 5) is 39.5. The van der Waals surface area contributed by atoms with Crippen LogP contribution in [0.5, 0.6) is 0 Å². The van der Waals surface area contributed by atoms with E-state index in [4.69, 9.17) is 0 Å². The zero-order valence-electron chi connectivity index (χ0n) is 19.0. The number of hydrogen-bond donors (Lipinski definition) is 2. The van der Waals surface area contributed by atoms with Crippen molar-refractivity contribution in [2.45, 2.75) is 27.7 Å². The molecular weight excluding hydrogens is 414 g/mol. The van der Waals surface area contributed by atoms with Crippen LogP contribution < -0.4 is 15.5 Å². The third-order valence-electron chi connectivity index (χ3n) is 5.65. The molecule has 1 aliphatic heterocycles. The highest BCUT2D eigenvalue weighted by Gasteiger charge is 2.40. The first-order valence-electron chi connectivity index (χ1n) is 10.7. The predicted octanol–water partition coefficient (Wildman–Crippen LogP) is 4.97. The van der Waals surface area contributed by atoms with E-state index >= 15 is 0 Å². The van der Waals surface area contributed by atoms with Crippen molar-refractivity contribution in [3.05, 3.63) is 94.7 Å². The highest BCUT2D eigenvalue weighted by molar-refractivity contribution is 6.46. The molecule has 6 heteroatoms. The molecule has 0 bridgehead atoms. The van der Waals surface area contributed by atoms with Gasteiger partial charge in [-0.2, -0.15) is 0 Å². The first-order valence-corrected chi connectivity index (χ1v) is 10.7. The summed E-state index contributed by atoms with van der Waals surface area (Å²) in [7, 11) is 0. The summed E-state index contributed by atoms with van der Waals surface area (Å²) in [5, 5.41) is 5.87. The van der Waals surface area contributed by atoms with Crippen LogP contribution in [0.4, 0.5) is 17.1 Å². The maximum absolute atomic E-state index is 13.6. The summed E-state index contributed by atoms with van der Waals surface area (Å²) in [5.74, 6) is -1.02. The van der Waals surface area contributed by atoms with Crippen molar-refractivity contribution in [2.75, 3.05) is 15.5 Å². The molecular formula is C27H25N3O3. The molecule has 33 heavy (non-hydrogen) atoms. The Balaban J connectivity index is 1.77. The van der Waals surface area contributed by atoms with E-state index in [-0.39, 0.29) is 11.6 Å². The molecule has 0 aromatic heterocycles. The van der Waals surface area contributed by atoms with Gasteiger partial charge >= 0.3 is 0 Å². The van der Waals surface area contributed by atoms with Gasteiger partial charge in [-0.1, -0.05) is 35.9 Å². The van der Waals surface area contributed by atoms with Crippen LogP contribution in [-0.2, 0) is 14.4 Å². The van der Waals surface area contributed by atoms with Crippen LogP contribution >= 0.6 is 0 Å². The number of imide groups is 1. The van der Waals surface area contributed by atoms with Crippen molar-refractivity contribution in [3.63, 3.8) is 0 Å². The molecule has 166 valence electrons. The highest BCUT2D eigenvalue weighted by Crippen LogP contribution is 2.34. The van der Waals surface area contributed by atoms with Gasteiger partial charge in [0.1, 0.15) is 5.70 Å². The van der Waals surface area contributed by atoms with E-state index in [9.17, 15) is 14.4 Å². The summed E-state index contributed by atoms with van der Waals surface area (Å²) >= 11 is 0. The average molecular weight is 440 g/mol. The minimum atomic E-state index is -0.430.